The second kappa shape index (κ2) is 7.98. The molecule has 2 aliphatic heterocycles. The van der Waals surface area contributed by atoms with Gasteiger partial charge in [0, 0.05) is 37.0 Å². The zero-order valence-corrected chi connectivity index (χ0v) is 17.4. The van der Waals surface area contributed by atoms with Crippen LogP contribution in [0.2, 0.25) is 0 Å². The molecule has 158 valence electrons. The molecule has 9 heteroatoms. The maximum absolute atomic E-state index is 12.7. The molecular formula is C21H23N3O5S. The number of nitrogens with one attached hydrogen (secondary N) is 1. The first-order valence-electron chi connectivity index (χ1n) is 9.73. The van der Waals surface area contributed by atoms with Gasteiger partial charge in [0.15, 0.2) is 0 Å². The van der Waals surface area contributed by atoms with Gasteiger partial charge in [-0.05, 0) is 42.8 Å². The monoisotopic (exact) mass is 429 g/mol. The number of nitrogens with zero attached hydrogens (tertiary/aromatic N) is 2. The van der Waals surface area contributed by atoms with Gasteiger partial charge in [0.2, 0.25) is 21.8 Å². The van der Waals surface area contributed by atoms with E-state index in [1.165, 1.54) is 4.31 Å². The Morgan fingerprint density at radius 1 is 1.13 bits per heavy atom. The summed E-state index contributed by atoms with van der Waals surface area (Å²) < 4.78 is 30.7. The number of methoxy groups -OCH3 is 1. The summed E-state index contributed by atoms with van der Waals surface area (Å²) in [4.78, 5) is 26.7. The van der Waals surface area contributed by atoms with Crippen molar-refractivity contribution in [1.29, 1.82) is 0 Å². The molecule has 2 amide bonds. The molecule has 0 radical (unpaired) electrons. The van der Waals surface area contributed by atoms with Gasteiger partial charge in [0.05, 0.1) is 24.5 Å². The van der Waals surface area contributed by atoms with Crippen LogP contribution in [0.15, 0.2) is 48.5 Å². The van der Waals surface area contributed by atoms with E-state index in [2.05, 4.69) is 5.32 Å². The first-order valence-corrected chi connectivity index (χ1v) is 11.3. The molecule has 0 aliphatic carbocycles. The van der Waals surface area contributed by atoms with E-state index in [9.17, 15) is 18.0 Å². The number of amides is 2. The summed E-state index contributed by atoms with van der Waals surface area (Å²) in [5, 5.41) is 2.83. The summed E-state index contributed by atoms with van der Waals surface area (Å²) in [6.07, 6.45) is 0.744. The van der Waals surface area contributed by atoms with Crippen LogP contribution >= 0.6 is 0 Å². The Morgan fingerprint density at radius 3 is 2.57 bits per heavy atom. The Morgan fingerprint density at radius 2 is 1.90 bits per heavy atom. The van der Waals surface area contributed by atoms with E-state index in [4.69, 9.17) is 4.74 Å². The van der Waals surface area contributed by atoms with Crippen LogP contribution in [0, 0.1) is 5.92 Å². The van der Waals surface area contributed by atoms with Gasteiger partial charge in [-0.3, -0.25) is 13.9 Å². The third kappa shape index (κ3) is 3.97. The number of sulfonamides is 1. The van der Waals surface area contributed by atoms with E-state index in [-0.39, 0.29) is 24.0 Å². The normalized spacial score (nSPS) is 20.4. The minimum absolute atomic E-state index is 0.113. The number of hydrogen-bond acceptors (Lipinski definition) is 5. The second-order valence-corrected chi connectivity index (χ2v) is 9.40. The third-order valence-electron chi connectivity index (χ3n) is 5.38. The smallest absolute Gasteiger partial charge is 0.235 e. The highest BCUT2D eigenvalue weighted by Crippen LogP contribution is 2.29. The van der Waals surface area contributed by atoms with Crippen molar-refractivity contribution in [2.75, 3.05) is 40.5 Å². The largest absolute Gasteiger partial charge is 0.497 e. The molecule has 1 unspecified atom stereocenters. The predicted octanol–water partition coefficient (Wildman–Crippen LogP) is 2.23. The van der Waals surface area contributed by atoms with Crippen molar-refractivity contribution < 1.29 is 22.7 Å². The zero-order chi connectivity index (χ0) is 21.3. The van der Waals surface area contributed by atoms with Crippen LogP contribution in [0.4, 0.5) is 17.1 Å². The Hall–Kier alpha value is -3.07. The third-order valence-corrected chi connectivity index (χ3v) is 7.25. The molecule has 0 saturated carbocycles. The number of carbonyl (C=O) groups excluding carboxylic acids is 2. The first kappa shape index (κ1) is 20.2. The van der Waals surface area contributed by atoms with Crippen molar-refractivity contribution in [3.8, 4) is 5.75 Å². The van der Waals surface area contributed by atoms with Crippen molar-refractivity contribution in [2.45, 2.75) is 12.8 Å². The summed E-state index contributed by atoms with van der Waals surface area (Å²) in [5.41, 5.74) is 1.85. The lowest BCUT2D eigenvalue weighted by Gasteiger charge is -2.18. The van der Waals surface area contributed by atoms with Crippen molar-refractivity contribution in [2.24, 2.45) is 5.92 Å². The van der Waals surface area contributed by atoms with Crippen molar-refractivity contribution in [3.63, 3.8) is 0 Å². The Balaban J connectivity index is 1.41. The highest BCUT2D eigenvalue weighted by atomic mass is 32.2. The topological polar surface area (TPSA) is 96.0 Å². The van der Waals surface area contributed by atoms with Gasteiger partial charge in [-0.2, -0.15) is 0 Å². The van der Waals surface area contributed by atoms with Gasteiger partial charge in [0.1, 0.15) is 5.75 Å². The first-order chi connectivity index (χ1) is 14.4. The maximum atomic E-state index is 12.7. The molecule has 2 saturated heterocycles. The van der Waals surface area contributed by atoms with Gasteiger partial charge in [-0.1, -0.05) is 6.07 Å². The van der Waals surface area contributed by atoms with Crippen molar-refractivity contribution >= 4 is 38.9 Å². The molecule has 2 aromatic carbocycles. The fourth-order valence-electron chi connectivity index (χ4n) is 3.80. The van der Waals surface area contributed by atoms with Crippen molar-refractivity contribution in [1.82, 2.24) is 0 Å². The number of benzene rings is 2. The van der Waals surface area contributed by atoms with E-state index in [1.807, 2.05) is 6.07 Å². The van der Waals surface area contributed by atoms with Crippen LogP contribution in [0.5, 0.6) is 5.75 Å². The molecule has 4 rings (SSSR count). The van der Waals surface area contributed by atoms with E-state index < -0.39 is 15.9 Å². The SMILES string of the molecule is COc1cccc(N2CC(C(=O)Nc3ccc(N4CCCS4(=O)=O)cc3)CC2=O)c1. The van der Waals surface area contributed by atoms with Crippen LogP contribution in [-0.4, -0.2) is 46.2 Å². The lowest BCUT2D eigenvalue weighted by atomic mass is 10.1. The molecule has 2 heterocycles. The maximum Gasteiger partial charge on any atom is 0.235 e. The van der Waals surface area contributed by atoms with Gasteiger partial charge >= 0.3 is 0 Å². The van der Waals surface area contributed by atoms with E-state index >= 15 is 0 Å². The Bertz CT molecular complexity index is 1070. The highest BCUT2D eigenvalue weighted by Gasteiger charge is 2.35. The molecule has 0 spiro atoms. The number of carbonyl (C=O) groups is 2. The standard InChI is InChI=1S/C21H23N3O5S/c1-29-19-5-2-4-18(13-19)23-14-15(12-20(23)25)21(26)22-16-6-8-17(9-7-16)24-10-3-11-30(24,27)28/h2,4-9,13,15H,3,10-12,14H2,1H3,(H,22,26). The molecule has 0 bridgehead atoms. The van der Waals surface area contributed by atoms with E-state index in [0.717, 1.165) is 0 Å². The minimum Gasteiger partial charge on any atom is -0.497 e. The molecular weight excluding hydrogens is 406 g/mol. The summed E-state index contributed by atoms with van der Waals surface area (Å²) in [6.45, 7) is 0.764. The molecule has 2 aromatic rings. The molecule has 2 aliphatic rings. The molecule has 0 aromatic heterocycles. The molecule has 2 fully saturated rings. The number of rotatable bonds is 5. The van der Waals surface area contributed by atoms with Gasteiger partial charge in [0.25, 0.3) is 0 Å². The summed E-state index contributed by atoms with van der Waals surface area (Å²) >= 11 is 0. The van der Waals surface area contributed by atoms with Crippen LogP contribution in [0.1, 0.15) is 12.8 Å². The summed E-state index contributed by atoms with van der Waals surface area (Å²) in [5.74, 6) is -0.0192. The van der Waals surface area contributed by atoms with E-state index in [1.54, 1.807) is 54.5 Å². The quantitative estimate of drug-likeness (QED) is 0.786. The Labute approximate surface area is 175 Å². The van der Waals surface area contributed by atoms with Crippen LogP contribution < -0.4 is 19.3 Å². The fourth-order valence-corrected chi connectivity index (χ4v) is 5.36. The van der Waals surface area contributed by atoms with Gasteiger partial charge in [-0.15, -0.1) is 0 Å². The summed E-state index contributed by atoms with van der Waals surface area (Å²) in [7, 11) is -1.68. The van der Waals surface area contributed by atoms with Crippen molar-refractivity contribution in [3.05, 3.63) is 48.5 Å². The number of anilines is 3. The highest BCUT2D eigenvalue weighted by molar-refractivity contribution is 7.93. The average molecular weight is 429 g/mol. The van der Waals surface area contributed by atoms with Gasteiger partial charge < -0.3 is 15.0 Å². The minimum atomic E-state index is -3.24. The van der Waals surface area contributed by atoms with Crippen LogP contribution in [-0.2, 0) is 19.6 Å². The predicted molar refractivity (Wildman–Crippen MR) is 114 cm³/mol. The molecule has 8 nitrogen and oxygen atoms in total. The van der Waals surface area contributed by atoms with E-state index in [0.29, 0.717) is 42.3 Å². The Kier molecular flexibility index (Phi) is 5.38. The fraction of sp³-hybridized carbons (Fsp3) is 0.333. The van der Waals surface area contributed by atoms with Gasteiger partial charge in [-0.25, -0.2) is 8.42 Å². The molecule has 1 atom stereocenters. The van der Waals surface area contributed by atoms with Crippen LogP contribution in [0.25, 0.3) is 0 Å². The van der Waals surface area contributed by atoms with Crippen LogP contribution in [0.3, 0.4) is 0 Å². The summed E-state index contributed by atoms with van der Waals surface area (Å²) in [6, 6.07) is 13.9. The lowest BCUT2D eigenvalue weighted by Crippen LogP contribution is -2.28. The molecule has 1 N–H and O–H groups in total. The average Bonchev–Trinajstić information content (AvgIpc) is 3.30. The number of hydrogen-bond donors (Lipinski definition) is 1. The second-order valence-electron chi connectivity index (χ2n) is 7.38. The zero-order valence-electron chi connectivity index (χ0n) is 16.6. The molecule has 30 heavy (non-hydrogen) atoms. The number of ether oxygens (including phenoxy) is 1. The lowest BCUT2D eigenvalue weighted by molar-refractivity contribution is -0.122.